The van der Waals surface area contributed by atoms with Crippen LogP contribution in [0.25, 0.3) is 0 Å². The first-order valence-corrected chi connectivity index (χ1v) is 5.80. The number of ether oxygens (including phenoxy) is 1. The minimum Gasteiger partial charge on any atom is -0.506 e. The summed E-state index contributed by atoms with van der Waals surface area (Å²) >= 11 is 8.96. The lowest BCUT2D eigenvalue weighted by molar-refractivity contribution is 0.00669. The summed E-state index contributed by atoms with van der Waals surface area (Å²) in [6.45, 7) is 5.23. The predicted molar refractivity (Wildman–Crippen MR) is 66.0 cm³/mol. The van der Waals surface area contributed by atoms with Crippen molar-refractivity contribution in [1.82, 2.24) is 0 Å². The van der Waals surface area contributed by atoms with Crippen LogP contribution in [0.4, 0.5) is 0 Å². The molecule has 5 heteroatoms. The van der Waals surface area contributed by atoms with E-state index in [1.807, 2.05) is 0 Å². The molecule has 1 aromatic carbocycles. The predicted octanol–water partition coefficient (Wildman–Crippen LogP) is 3.76. The van der Waals surface area contributed by atoms with E-state index in [0.717, 1.165) is 0 Å². The van der Waals surface area contributed by atoms with Crippen LogP contribution in [0.5, 0.6) is 5.75 Å². The molecule has 0 unspecified atom stereocenters. The fraction of sp³-hybridized carbons (Fsp3) is 0.364. The number of carbonyl (C=O) groups is 1. The van der Waals surface area contributed by atoms with Crippen LogP contribution >= 0.6 is 27.5 Å². The Bertz CT molecular complexity index is 424. The fourth-order valence-electron chi connectivity index (χ4n) is 1.06. The lowest BCUT2D eigenvalue weighted by Crippen LogP contribution is -2.24. The zero-order valence-electron chi connectivity index (χ0n) is 9.17. The topological polar surface area (TPSA) is 46.5 Å². The molecule has 0 saturated heterocycles. The largest absolute Gasteiger partial charge is 0.506 e. The summed E-state index contributed by atoms with van der Waals surface area (Å²) in [6, 6.07) is 3.08. The Morgan fingerprint density at radius 2 is 2.00 bits per heavy atom. The first-order valence-electron chi connectivity index (χ1n) is 4.62. The third-order valence-corrected chi connectivity index (χ3v) is 2.64. The Labute approximate surface area is 107 Å². The fourth-order valence-corrected chi connectivity index (χ4v) is 1.62. The van der Waals surface area contributed by atoms with Crippen LogP contribution in [-0.2, 0) is 4.74 Å². The van der Waals surface area contributed by atoms with Gasteiger partial charge in [0.1, 0.15) is 16.9 Å². The van der Waals surface area contributed by atoms with E-state index in [4.69, 9.17) is 16.3 Å². The summed E-state index contributed by atoms with van der Waals surface area (Å²) in [4.78, 5) is 11.8. The van der Waals surface area contributed by atoms with Crippen LogP contribution in [0.1, 0.15) is 31.1 Å². The first-order chi connectivity index (χ1) is 7.22. The molecule has 0 aliphatic rings. The van der Waals surface area contributed by atoms with Crippen molar-refractivity contribution in [2.75, 3.05) is 0 Å². The zero-order valence-corrected chi connectivity index (χ0v) is 11.5. The van der Waals surface area contributed by atoms with Gasteiger partial charge in [-0.1, -0.05) is 11.6 Å². The van der Waals surface area contributed by atoms with Crippen LogP contribution in [0.15, 0.2) is 16.6 Å². The minimum atomic E-state index is -0.642. The molecule has 0 aliphatic heterocycles. The number of phenols is 1. The summed E-state index contributed by atoms with van der Waals surface area (Å²) < 4.78 is 5.54. The molecule has 0 spiro atoms. The van der Waals surface area contributed by atoms with Gasteiger partial charge in [0.2, 0.25) is 0 Å². The van der Waals surface area contributed by atoms with E-state index in [9.17, 15) is 9.90 Å². The number of hydrogen-bond donors (Lipinski definition) is 1. The SMILES string of the molecule is CC(C)(C)OC(=O)c1c(Cl)ccc(Br)c1O. The summed E-state index contributed by atoms with van der Waals surface area (Å²) in [7, 11) is 0. The molecule has 1 N–H and O–H groups in total. The van der Waals surface area contributed by atoms with Crippen molar-refractivity contribution in [1.29, 1.82) is 0 Å². The molecule has 0 radical (unpaired) electrons. The van der Waals surface area contributed by atoms with Crippen molar-refractivity contribution >= 4 is 33.5 Å². The van der Waals surface area contributed by atoms with Crippen molar-refractivity contribution in [3.8, 4) is 5.75 Å². The molecule has 0 saturated carbocycles. The molecular weight excluding hydrogens is 295 g/mol. The van der Waals surface area contributed by atoms with Crippen molar-refractivity contribution in [3.05, 3.63) is 27.2 Å². The summed E-state index contributed by atoms with van der Waals surface area (Å²) in [5.41, 5.74) is -0.652. The molecule has 88 valence electrons. The van der Waals surface area contributed by atoms with E-state index in [-0.39, 0.29) is 16.3 Å². The highest BCUT2D eigenvalue weighted by Crippen LogP contribution is 2.34. The molecule has 3 nitrogen and oxygen atoms in total. The third kappa shape index (κ3) is 3.12. The van der Waals surface area contributed by atoms with Gasteiger partial charge in [-0.2, -0.15) is 0 Å². The van der Waals surface area contributed by atoms with E-state index in [2.05, 4.69) is 15.9 Å². The average molecular weight is 308 g/mol. The monoisotopic (exact) mass is 306 g/mol. The number of carbonyl (C=O) groups excluding carboxylic acids is 1. The van der Waals surface area contributed by atoms with Crippen molar-refractivity contribution in [2.24, 2.45) is 0 Å². The molecule has 0 atom stereocenters. The second-order valence-corrected chi connectivity index (χ2v) is 5.52. The lowest BCUT2D eigenvalue weighted by Gasteiger charge is -2.20. The number of halogens is 2. The zero-order chi connectivity index (χ0) is 12.5. The van der Waals surface area contributed by atoms with Gasteiger partial charge in [0.25, 0.3) is 0 Å². The first kappa shape index (κ1) is 13.3. The average Bonchev–Trinajstić information content (AvgIpc) is 2.09. The number of hydrogen-bond acceptors (Lipinski definition) is 3. The maximum atomic E-state index is 11.8. The lowest BCUT2D eigenvalue weighted by atomic mass is 10.1. The Morgan fingerprint density at radius 1 is 1.44 bits per heavy atom. The number of benzene rings is 1. The summed E-state index contributed by atoms with van der Waals surface area (Å²) in [6.07, 6.45) is 0. The van der Waals surface area contributed by atoms with E-state index in [0.29, 0.717) is 4.47 Å². The molecular formula is C11H12BrClO3. The molecule has 16 heavy (non-hydrogen) atoms. The number of phenolic OH excluding ortho intramolecular Hbond substituents is 1. The van der Waals surface area contributed by atoms with Crippen LogP contribution < -0.4 is 0 Å². The van der Waals surface area contributed by atoms with E-state index < -0.39 is 11.6 Å². The van der Waals surface area contributed by atoms with Gasteiger partial charge < -0.3 is 9.84 Å². The maximum absolute atomic E-state index is 11.8. The molecule has 0 fully saturated rings. The van der Waals surface area contributed by atoms with Gasteiger partial charge in [0, 0.05) is 0 Å². The van der Waals surface area contributed by atoms with Crippen molar-refractivity contribution < 1.29 is 14.6 Å². The van der Waals surface area contributed by atoms with Gasteiger partial charge in [-0.25, -0.2) is 4.79 Å². The van der Waals surface area contributed by atoms with Crippen LogP contribution in [-0.4, -0.2) is 16.7 Å². The second-order valence-electron chi connectivity index (χ2n) is 4.25. The van der Waals surface area contributed by atoms with Gasteiger partial charge in [-0.3, -0.25) is 0 Å². The van der Waals surface area contributed by atoms with Crippen molar-refractivity contribution in [3.63, 3.8) is 0 Å². The molecule has 1 aromatic rings. The van der Waals surface area contributed by atoms with Gasteiger partial charge >= 0.3 is 5.97 Å². The standard InChI is InChI=1S/C11H12BrClO3/c1-11(2,3)16-10(15)8-7(13)5-4-6(12)9(8)14/h4-5,14H,1-3H3. The molecule has 0 aliphatic carbocycles. The maximum Gasteiger partial charge on any atom is 0.344 e. The van der Waals surface area contributed by atoms with Crippen molar-refractivity contribution in [2.45, 2.75) is 26.4 Å². The van der Waals surface area contributed by atoms with Crippen LogP contribution in [0, 0.1) is 0 Å². The minimum absolute atomic E-state index is 0.0223. The van der Waals surface area contributed by atoms with E-state index >= 15 is 0 Å². The van der Waals surface area contributed by atoms with Crippen LogP contribution in [0.2, 0.25) is 5.02 Å². The second kappa shape index (κ2) is 4.63. The quantitative estimate of drug-likeness (QED) is 0.804. The Kier molecular flexibility index (Phi) is 3.86. The Balaban J connectivity index is 3.14. The Hall–Kier alpha value is -0.740. The highest BCUT2D eigenvalue weighted by molar-refractivity contribution is 9.10. The van der Waals surface area contributed by atoms with E-state index in [1.165, 1.54) is 6.07 Å². The highest BCUT2D eigenvalue weighted by Gasteiger charge is 2.24. The van der Waals surface area contributed by atoms with Crippen LogP contribution in [0.3, 0.4) is 0 Å². The van der Waals surface area contributed by atoms with Gasteiger partial charge in [0.05, 0.1) is 9.50 Å². The van der Waals surface area contributed by atoms with E-state index in [1.54, 1.807) is 26.8 Å². The van der Waals surface area contributed by atoms with Gasteiger partial charge in [-0.15, -0.1) is 0 Å². The van der Waals surface area contributed by atoms with Gasteiger partial charge in [0.15, 0.2) is 0 Å². The highest BCUT2D eigenvalue weighted by atomic mass is 79.9. The molecule has 0 heterocycles. The molecule has 0 amide bonds. The molecule has 1 rings (SSSR count). The normalized spacial score (nSPS) is 11.3. The molecule has 0 bridgehead atoms. The number of aromatic hydroxyl groups is 1. The summed E-state index contributed by atoms with van der Waals surface area (Å²) in [5, 5.41) is 9.88. The molecule has 0 aromatic heterocycles. The number of esters is 1. The Morgan fingerprint density at radius 3 is 2.50 bits per heavy atom. The smallest absolute Gasteiger partial charge is 0.344 e. The third-order valence-electron chi connectivity index (χ3n) is 1.68. The number of rotatable bonds is 1. The van der Waals surface area contributed by atoms with Gasteiger partial charge in [-0.05, 0) is 48.8 Å². The summed E-state index contributed by atoms with van der Waals surface area (Å²) in [5.74, 6) is -0.849.